The standard InChI is InChI=1S/C20H26N4OS/c1-15-13-16(14-24-9-11-26-12-10-24)6-7-18(15)22-20(25)17-5-4-8-21-19(17)23(2)3/h4-8,13H,9-12,14H2,1-3H3,(H,22,25). The molecule has 138 valence electrons. The number of benzene rings is 1. The van der Waals surface area contributed by atoms with E-state index in [1.807, 2.05) is 43.7 Å². The minimum atomic E-state index is -0.134. The Morgan fingerprint density at radius 2 is 2.04 bits per heavy atom. The van der Waals surface area contributed by atoms with Gasteiger partial charge < -0.3 is 10.2 Å². The molecule has 2 aromatic rings. The first-order valence-electron chi connectivity index (χ1n) is 8.88. The summed E-state index contributed by atoms with van der Waals surface area (Å²) < 4.78 is 0. The molecule has 1 N–H and O–H groups in total. The number of nitrogens with one attached hydrogen (secondary N) is 1. The van der Waals surface area contributed by atoms with E-state index < -0.39 is 0 Å². The maximum Gasteiger partial charge on any atom is 0.259 e. The van der Waals surface area contributed by atoms with Gasteiger partial charge in [0, 0.05) is 57.1 Å². The highest BCUT2D eigenvalue weighted by Gasteiger charge is 2.15. The minimum absolute atomic E-state index is 0.134. The van der Waals surface area contributed by atoms with Gasteiger partial charge in [-0.1, -0.05) is 12.1 Å². The van der Waals surface area contributed by atoms with Crippen LogP contribution < -0.4 is 10.2 Å². The monoisotopic (exact) mass is 370 g/mol. The third kappa shape index (κ3) is 4.56. The molecule has 1 aromatic heterocycles. The summed E-state index contributed by atoms with van der Waals surface area (Å²) in [7, 11) is 3.77. The molecule has 0 spiro atoms. The molecule has 0 aliphatic carbocycles. The molecular weight excluding hydrogens is 344 g/mol. The van der Waals surface area contributed by atoms with Crippen LogP contribution in [0.2, 0.25) is 0 Å². The van der Waals surface area contributed by atoms with Crippen LogP contribution in [0, 0.1) is 6.92 Å². The van der Waals surface area contributed by atoms with Crippen LogP contribution in [-0.4, -0.2) is 54.5 Å². The van der Waals surface area contributed by atoms with Gasteiger partial charge in [-0.3, -0.25) is 9.69 Å². The zero-order valence-electron chi connectivity index (χ0n) is 15.7. The Balaban J connectivity index is 1.71. The fourth-order valence-corrected chi connectivity index (χ4v) is 4.08. The molecule has 1 aliphatic heterocycles. The lowest BCUT2D eigenvalue weighted by Crippen LogP contribution is -2.31. The van der Waals surface area contributed by atoms with E-state index in [1.165, 1.54) is 17.1 Å². The molecule has 1 aromatic carbocycles. The van der Waals surface area contributed by atoms with Crippen molar-refractivity contribution in [2.75, 3.05) is 48.9 Å². The van der Waals surface area contributed by atoms with Crippen molar-refractivity contribution < 1.29 is 4.79 Å². The Hall–Kier alpha value is -2.05. The number of amides is 1. The van der Waals surface area contributed by atoms with E-state index in [4.69, 9.17) is 0 Å². The van der Waals surface area contributed by atoms with Gasteiger partial charge >= 0.3 is 0 Å². The summed E-state index contributed by atoms with van der Waals surface area (Å²) in [6.07, 6.45) is 1.70. The smallest absolute Gasteiger partial charge is 0.259 e. The second kappa shape index (κ2) is 8.56. The fourth-order valence-electron chi connectivity index (χ4n) is 3.10. The summed E-state index contributed by atoms with van der Waals surface area (Å²) in [6, 6.07) is 9.88. The number of carbonyl (C=O) groups excluding carboxylic acids is 1. The molecule has 26 heavy (non-hydrogen) atoms. The lowest BCUT2D eigenvalue weighted by Gasteiger charge is -2.26. The minimum Gasteiger partial charge on any atom is -0.362 e. The average Bonchev–Trinajstić information content (AvgIpc) is 2.64. The first-order chi connectivity index (χ1) is 12.5. The van der Waals surface area contributed by atoms with Gasteiger partial charge in [-0.05, 0) is 36.2 Å². The maximum atomic E-state index is 12.7. The summed E-state index contributed by atoms with van der Waals surface area (Å²) in [5.74, 6) is 2.96. The number of carbonyl (C=O) groups is 1. The van der Waals surface area contributed by atoms with Gasteiger partial charge in [0.15, 0.2) is 0 Å². The van der Waals surface area contributed by atoms with E-state index in [2.05, 4.69) is 27.3 Å². The van der Waals surface area contributed by atoms with Crippen LogP contribution in [0.3, 0.4) is 0 Å². The second-order valence-electron chi connectivity index (χ2n) is 6.76. The highest BCUT2D eigenvalue weighted by Crippen LogP contribution is 2.22. The SMILES string of the molecule is Cc1cc(CN2CCSCC2)ccc1NC(=O)c1cccnc1N(C)C. The summed E-state index contributed by atoms with van der Waals surface area (Å²) in [4.78, 5) is 21.3. The van der Waals surface area contributed by atoms with Gasteiger partial charge in [0.1, 0.15) is 5.82 Å². The number of nitrogens with zero attached hydrogens (tertiary/aromatic N) is 3. The van der Waals surface area contributed by atoms with Crippen LogP contribution in [0.5, 0.6) is 0 Å². The van der Waals surface area contributed by atoms with Crippen molar-refractivity contribution >= 4 is 29.2 Å². The number of aryl methyl sites for hydroxylation is 1. The molecule has 1 aliphatic rings. The van der Waals surface area contributed by atoms with Gasteiger partial charge in [0.2, 0.25) is 0 Å². The Bertz CT molecular complexity index is 772. The highest BCUT2D eigenvalue weighted by molar-refractivity contribution is 7.99. The van der Waals surface area contributed by atoms with Crippen LogP contribution in [0.1, 0.15) is 21.5 Å². The van der Waals surface area contributed by atoms with Crippen molar-refractivity contribution in [3.05, 3.63) is 53.2 Å². The molecule has 0 bridgehead atoms. The maximum absolute atomic E-state index is 12.7. The highest BCUT2D eigenvalue weighted by atomic mass is 32.2. The third-order valence-electron chi connectivity index (χ3n) is 4.50. The number of hydrogen-bond donors (Lipinski definition) is 1. The van der Waals surface area contributed by atoms with Gasteiger partial charge in [-0.2, -0.15) is 11.8 Å². The number of rotatable bonds is 5. The van der Waals surface area contributed by atoms with Crippen molar-refractivity contribution in [2.24, 2.45) is 0 Å². The fraction of sp³-hybridized carbons (Fsp3) is 0.400. The van der Waals surface area contributed by atoms with Gasteiger partial charge in [0.25, 0.3) is 5.91 Å². The summed E-state index contributed by atoms with van der Waals surface area (Å²) >= 11 is 2.02. The van der Waals surface area contributed by atoms with Gasteiger partial charge in [-0.25, -0.2) is 4.98 Å². The molecule has 0 atom stereocenters. The molecule has 1 saturated heterocycles. The Labute approximate surface area is 159 Å². The molecular formula is C20H26N4OS. The lowest BCUT2D eigenvalue weighted by molar-refractivity contribution is 0.102. The molecule has 6 heteroatoms. The zero-order valence-corrected chi connectivity index (χ0v) is 16.5. The molecule has 0 radical (unpaired) electrons. The molecule has 1 amide bonds. The summed E-state index contributed by atoms with van der Waals surface area (Å²) in [5, 5.41) is 3.03. The van der Waals surface area contributed by atoms with Gasteiger partial charge in [0.05, 0.1) is 5.56 Å². The zero-order chi connectivity index (χ0) is 18.5. The Kier molecular flexibility index (Phi) is 6.16. The van der Waals surface area contributed by atoms with Crippen LogP contribution in [0.25, 0.3) is 0 Å². The Morgan fingerprint density at radius 3 is 2.73 bits per heavy atom. The molecule has 5 nitrogen and oxygen atoms in total. The summed E-state index contributed by atoms with van der Waals surface area (Å²) in [5.41, 5.74) is 3.80. The number of hydrogen-bond acceptors (Lipinski definition) is 5. The number of anilines is 2. The molecule has 0 saturated carbocycles. The van der Waals surface area contributed by atoms with E-state index in [1.54, 1.807) is 18.3 Å². The first kappa shape index (κ1) is 18.7. The molecule has 3 rings (SSSR count). The normalized spacial score (nSPS) is 14.9. The summed E-state index contributed by atoms with van der Waals surface area (Å²) in [6.45, 7) is 5.32. The van der Waals surface area contributed by atoms with E-state index in [9.17, 15) is 4.79 Å². The van der Waals surface area contributed by atoms with E-state index >= 15 is 0 Å². The third-order valence-corrected chi connectivity index (χ3v) is 5.45. The predicted octanol–water partition coefficient (Wildman–Crippen LogP) is 3.26. The van der Waals surface area contributed by atoms with Crippen LogP contribution in [0.4, 0.5) is 11.5 Å². The molecule has 0 unspecified atom stereocenters. The van der Waals surface area contributed by atoms with E-state index in [-0.39, 0.29) is 5.91 Å². The van der Waals surface area contributed by atoms with E-state index in [0.717, 1.165) is 30.9 Å². The second-order valence-corrected chi connectivity index (χ2v) is 7.99. The average molecular weight is 371 g/mol. The quantitative estimate of drug-likeness (QED) is 0.875. The van der Waals surface area contributed by atoms with Crippen molar-refractivity contribution in [1.82, 2.24) is 9.88 Å². The van der Waals surface area contributed by atoms with Crippen molar-refractivity contribution in [3.63, 3.8) is 0 Å². The van der Waals surface area contributed by atoms with Crippen molar-refractivity contribution in [2.45, 2.75) is 13.5 Å². The van der Waals surface area contributed by atoms with Gasteiger partial charge in [-0.15, -0.1) is 0 Å². The van der Waals surface area contributed by atoms with Crippen molar-refractivity contribution in [1.29, 1.82) is 0 Å². The number of pyridine rings is 1. The van der Waals surface area contributed by atoms with Crippen LogP contribution in [-0.2, 0) is 6.54 Å². The van der Waals surface area contributed by atoms with E-state index in [0.29, 0.717) is 11.4 Å². The number of thioether (sulfide) groups is 1. The number of aromatic nitrogens is 1. The van der Waals surface area contributed by atoms with Crippen LogP contribution in [0.15, 0.2) is 36.5 Å². The Morgan fingerprint density at radius 1 is 1.27 bits per heavy atom. The lowest BCUT2D eigenvalue weighted by atomic mass is 10.1. The van der Waals surface area contributed by atoms with Crippen LogP contribution >= 0.6 is 11.8 Å². The predicted molar refractivity (Wildman–Crippen MR) is 110 cm³/mol. The largest absolute Gasteiger partial charge is 0.362 e. The topological polar surface area (TPSA) is 48.5 Å². The molecule has 1 fully saturated rings. The van der Waals surface area contributed by atoms with Crippen molar-refractivity contribution in [3.8, 4) is 0 Å². The first-order valence-corrected chi connectivity index (χ1v) is 10.0. The molecule has 2 heterocycles.